The number of hydrogen-bond donors (Lipinski definition) is 3. The Balaban J connectivity index is 2.11. The highest BCUT2D eigenvalue weighted by Crippen LogP contribution is 2.17. The molecule has 1 heterocycles. The van der Waals surface area contributed by atoms with Crippen LogP contribution in [0.3, 0.4) is 0 Å². The third-order valence-electron chi connectivity index (χ3n) is 2.79. The van der Waals surface area contributed by atoms with Gasteiger partial charge in [-0.1, -0.05) is 0 Å². The van der Waals surface area contributed by atoms with Crippen molar-refractivity contribution in [3.63, 3.8) is 0 Å². The summed E-state index contributed by atoms with van der Waals surface area (Å²) in [6, 6.07) is 2.49. The van der Waals surface area contributed by atoms with E-state index in [1.807, 2.05) is 6.92 Å². The first kappa shape index (κ1) is 14.7. The molecule has 2 rings (SSSR count). The number of hydrogen-bond acceptors (Lipinski definition) is 3. The maximum atomic E-state index is 13.5. The van der Waals surface area contributed by atoms with E-state index in [9.17, 15) is 9.18 Å². The van der Waals surface area contributed by atoms with Crippen molar-refractivity contribution in [1.82, 2.24) is 15.3 Å². The lowest BCUT2D eigenvalue weighted by molar-refractivity contribution is 0.0945. The van der Waals surface area contributed by atoms with E-state index >= 15 is 0 Å². The van der Waals surface area contributed by atoms with Gasteiger partial charge in [-0.3, -0.25) is 4.79 Å². The lowest BCUT2D eigenvalue weighted by Gasteiger charge is -2.06. The molecule has 1 aromatic carbocycles. The van der Waals surface area contributed by atoms with E-state index in [-0.39, 0.29) is 11.5 Å². The van der Waals surface area contributed by atoms with Gasteiger partial charge in [-0.15, -0.1) is 0 Å². The zero-order valence-corrected chi connectivity index (χ0v) is 11.9. The molecule has 20 heavy (non-hydrogen) atoms. The molecule has 0 radical (unpaired) electrons. The number of imidazole rings is 1. The second kappa shape index (κ2) is 6.62. The number of aromatic amines is 2. The topological polar surface area (TPSA) is 69.9 Å². The minimum absolute atomic E-state index is 0.240. The average Bonchev–Trinajstić information content (AvgIpc) is 2.77. The molecule has 0 saturated carbocycles. The van der Waals surface area contributed by atoms with E-state index in [1.165, 1.54) is 12.1 Å². The Labute approximate surface area is 120 Å². The summed E-state index contributed by atoms with van der Waals surface area (Å²) >= 11 is 4.96. The number of benzene rings is 1. The van der Waals surface area contributed by atoms with Crippen LogP contribution in [0.1, 0.15) is 23.7 Å². The summed E-state index contributed by atoms with van der Waals surface area (Å²) in [7, 11) is 0. The SMILES string of the molecule is CCOCCCNC(=O)c1cc(F)cc2[nH]c(=S)[nH]c12. The summed E-state index contributed by atoms with van der Waals surface area (Å²) in [5.74, 6) is -0.821. The zero-order chi connectivity index (χ0) is 14.5. The molecule has 0 bridgehead atoms. The molecular weight excluding hydrogens is 281 g/mol. The summed E-state index contributed by atoms with van der Waals surface area (Å²) in [5, 5.41) is 2.73. The molecule has 0 aliphatic rings. The minimum Gasteiger partial charge on any atom is -0.382 e. The quantitative estimate of drug-likeness (QED) is 0.567. The lowest BCUT2D eigenvalue weighted by atomic mass is 10.1. The van der Waals surface area contributed by atoms with Crippen LogP contribution in [0.4, 0.5) is 4.39 Å². The third-order valence-corrected chi connectivity index (χ3v) is 2.99. The van der Waals surface area contributed by atoms with E-state index < -0.39 is 5.82 Å². The van der Waals surface area contributed by atoms with Gasteiger partial charge < -0.3 is 20.0 Å². The smallest absolute Gasteiger partial charge is 0.253 e. The number of fused-ring (bicyclic) bond motifs is 1. The Hall–Kier alpha value is -1.73. The maximum absolute atomic E-state index is 13.5. The molecule has 1 amide bonds. The van der Waals surface area contributed by atoms with Gasteiger partial charge in [0.2, 0.25) is 0 Å². The van der Waals surface area contributed by atoms with Gasteiger partial charge in [0.05, 0.1) is 16.6 Å². The van der Waals surface area contributed by atoms with Crippen LogP contribution in [-0.4, -0.2) is 35.6 Å². The van der Waals surface area contributed by atoms with Crippen molar-refractivity contribution in [1.29, 1.82) is 0 Å². The first-order valence-electron chi connectivity index (χ1n) is 6.39. The van der Waals surface area contributed by atoms with Gasteiger partial charge in [0, 0.05) is 19.8 Å². The molecule has 0 aliphatic heterocycles. The Kier molecular flexibility index (Phi) is 4.86. The number of carbonyl (C=O) groups is 1. The second-order valence-corrected chi connectivity index (χ2v) is 4.67. The molecule has 2 aromatic rings. The fourth-order valence-corrected chi connectivity index (χ4v) is 2.11. The van der Waals surface area contributed by atoms with Crippen molar-refractivity contribution >= 4 is 29.2 Å². The molecule has 0 aliphatic carbocycles. The van der Waals surface area contributed by atoms with Gasteiger partial charge in [-0.2, -0.15) is 0 Å². The fourth-order valence-electron chi connectivity index (χ4n) is 1.90. The second-order valence-electron chi connectivity index (χ2n) is 4.26. The highest BCUT2D eigenvalue weighted by molar-refractivity contribution is 7.71. The molecule has 0 unspecified atom stereocenters. The van der Waals surface area contributed by atoms with Crippen molar-refractivity contribution in [2.24, 2.45) is 0 Å². The predicted octanol–water partition coefficient (Wildman–Crippen LogP) is 2.52. The zero-order valence-electron chi connectivity index (χ0n) is 11.1. The number of ether oxygens (including phenoxy) is 1. The number of H-pyrrole nitrogens is 2. The Morgan fingerprint density at radius 3 is 3.00 bits per heavy atom. The van der Waals surface area contributed by atoms with E-state index in [0.29, 0.717) is 42.0 Å². The van der Waals surface area contributed by atoms with Crippen LogP contribution < -0.4 is 5.32 Å². The number of halogens is 1. The summed E-state index contributed by atoms with van der Waals surface area (Å²) in [6.45, 7) is 3.62. The molecule has 5 nitrogen and oxygen atoms in total. The van der Waals surface area contributed by atoms with E-state index in [1.54, 1.807) is 0 Å². The molecule has 0 spiro atoms. The van der Waals surface area contributed by atoms with Crippen LogP contribution in [0.25, 0.3) is 11.0 Å². The highest BCUT2D eigenvalue weighted by atomic mass is 32.1. The van der Waals surface area contributed by atoms with Gasteiger partial charge in [0.15, 0.2) is 4.77 Å². The van der Waals surface area contributed by atoms with Crippen LogP contribution in [0.2, 0.25) is 0 Å². The monoisotopic (exact) mass is 297 g/mol. The number of carbonyl (C=O) groups excluding carboxylic acids is 1. The molecule has 7 heteroatoms. The van der Waals surface area contributed by atoms with Crippen molar-refractivity contribution < 1.29 is 13.9 Å². The number of nitrogens with one attached hydrogen (secondary N) is 3. The van der Waals surface area contributed by atoms with Crippen molar-refractivity contribution in [3.05, 3.63) is 28.3 Å². The number of amides is 1. The largest absolute Gasteiger partial charge is 0.382 e. The number of rotatable bonds is 6. The molecule has 1 aromatic heterocycles. The standard InChI is InChI=1S/C13H16FN3O2S/c1-2-19-5-3-4-15-12(18)9-6-8(14)7-10-11(9)17-13(20)16-10/h6-7H,2-5H2,1H3,(H,15,18)(H2,16,17,20). The summed E-state index contributed by atoms with van der Waals surface area (Å²) < 4.78 is 19.0. The van der Waals surface area contributed by atoms with Crippen LogP contribution >= 0.6 is 12.2 Å². The maximum Gasteiger partial charge on any atom is 0.253 e. The Morgan fingerprint density at radius 1 is 1.45 bits per heavy atom. The lowest BCUT2D eigenvalue weighted by Crippen LogP contribution is -2.25. The van der Waals surface area contributed by atoms with Gasteiger partial charge >= 0.3 is 0 Å². The minimum atomic E-state index is -0.484. The molecule has 3 N–H and O–H groups in total. The van der Waals surface area contributed by atoms with E-state index in [4.69, 9.17) is 17.0 Å². The van der Waals surface area contributed by atoms with Gasteiger partial charge in [0.25, 0.3) is 5.91 Å². The summed E-state index contributed by atoms with van der Waals surface area (Å²) in [4.78, 5) is 17.7. The van der Waals surface area contributed by atoms with Crippen LogP contribution in [0.15, 0.2) is 12.1 Å². The first-order chi connectivity index (χ1) is 9.61. The van der Waals surface area contributed by atoms with Gasteiger partial charge in [-0.05, 0) is 37.7 Å². The van der Waals surface area contributed by atoms with Crippen LogP contribution in [0.5, 0.6) is 0 Å². The summed E-state index contributed by atoms with van der Waals surface area (Å²) in [5.41, 5.74) is 1.23. The Morgan fingerprint density at radius 2 is 2.25 bits per heavy atom. The predicted molar refractivity (Wildman–Crippen MR) is 76.9 cm³/mol. The van der Waals surface area contributed by atoms with E-state index in [2.05, 4.69) is 15.3 Å². The van der Waals surface area contributed by atoms with Crippen LogP contribution in [0, 0.1) is 10.6 Å². The number of aromatic nitrogens is 2. The van der Waals surface area contributed by atoms with Crippen molar-refractivity contribution in [2.75, 3.05) is 19.8 Å². The average molecular weight is 297 g/mol. The van der Waals surface area contributed by atoms with Crippen molar-refractivity contribution in [3.8, 4) is 0 Å². The molecule has 108 valence electrons. The molecular formula is C13H16FN3O2S. The van der Waals surface area contributed by atoms with Gasteiger partial charge in [0.1, 0.15) is 5.82 Å². The third kappa shape index (κ3) is 3.43. The fraction of sp³-hybridized carbons (Fsp3) is 0.385. The van der Waals surface area contributed by atoms with Crippen LogP contribution in [-0.2, 0) is 4.74 Å². The molecule has 0 fully saturated rings. The van der Waals surface area contributed by atoms with Crippen molar-refractivity contribution in [2.45, 2.75) is 13.3 Å². The highest BCUT2D eigenvalue weighted by Gasteiger charge is 2.13. The Bertz CT molecular complexity index is 665. The molecule has 0 saturated heterocycles. The van der Waals surface area contributed by atoms with Gasteiger partial charge in [-0.25, -0.2) is 4.39 Å². The normalized spacial score (nSPS) is 10.9. The summed E-state index contributed by atoms with van der Waals surface area (Å²) in [6.07, 6.45) is 0.710. The first-order valence-corrected chi connectivity index (χ1v) is 6.80. The van der Waals surface area contributed by atoms with E-state index in [0.717, 1.165) is 0 Å². The molecule has 0 atom stereocenters.